The lowest BCUT2D eigenvalue weighted by molar-refractivity contribution is 0.0690. The highest BCUT2D eigenvalue weighted by atomic mass is 16.5. The van der Waals surface area contributed by atoms with E-state index < -0.39 is 5.97 Å². The van der Waals surface area contributed by atoms with Crippen molar-refractivity contribution in [2.45, 2.75) is 46.1 Å². The largest absolute Gasteiger partial charge is 0.495 e. The second kappa shape index (κ2) is 9.68. The highest BCUT2D eigenvalue weighted by Gasteiger charge is 2.18. The maximum absolute atomic E-state index is 11.8. The maximum Gasteiger partial charge on any atom is 0.339 e. The van der Waals surface area contributed by atoms with Crippen LogP contribution in [0.4, 0.5) is 0 Å². The fourth-order valence-electron chi connectivity index (χ4n) is 2.74. The van der Waals surface area contributed by atoms with E-state index in [-0.39, 0.29) is 11.7 Å². The maximum atomic E-state index is 11.8. The van der Waals surface area contributed by atoms with Gasteiger partial charge in [0, 0.05) is 5.56 Å². The molecular formula is C23H26O4. The SMILES string of the molecule is CCCCc1cc(C#Cc2ccccc2OC)cc(C(=O)O)c1OC(C)C. The molecule has 2 aromatic carbocycles. The first kappa shape index (κ1) is 20.4. The van der Waals surface area contributed by atoms with Gasteiger partial charge in [-0.3, -0.25) is 0 Å². The molecule has 0 aliphatic carbocycles. The van der Waals surface area contributed by atoms with Gasteiger partial charge >= 0.3 is 5.97 Å². The number of rotatable bonds is 7. The molecule has 0 aliphatic heterocycles. The van der Waals surface area contributed by atoms with Gasteiger partial charge in [-0.1, -0.05) is 37.3 Å². The fourth-order valence-corrected chi connectivity index (χ4v) is 2.74. The number of aromatic carboxylic acids is 1. The van der Waals surface area contributed by atoms with Crippen molar-refractivity contribution in [3.05, 3.63) is 58.7 Å². The Hall–Kier alpha value is -2.93. The van der Waals surface area contributed by atoms with E-state index in [0.717, 1.165) is 30.4 Å². The summed E-state index contributed by atoms with van der Waals surface area (Å²) in [4.78, 5) is 11.8. The normalized spacial score (nSPS) is 10.3. The van der Waals surface area contributed by atoms with Crippen LogP contribution in [0, 0.1) is 11.8 Å². The lowest BCUT2D eigenvalue weighted by Crippen LogP contribution is -2.12. The van der Waals surface area contributed by atoms with Crippen LogP contribution in [-0.4, -0.2) is 24.3 Å². The molecule has 4 nitrogen and oxygen atoms in total. The van der Waals surface area contributed by atoms with E-state index in [2.05, 4.69) is 18.8 Å². The number of benzene rings is 2. The van der Waals surface area contributed by atoms with Gasteiger partial charge in [0.05, 0.1) is 18.8 Å². The predicted octanol–water partition coefficient (Wildman–Crippen LogP) is 4.92. The summed E-state index contributed by atoms with van der Waals surface area (Å²) in [6.45, 7) is 5.89. The monoisotopic (exact) mass is 366 g/mol. The third kappa shape index (κ3) is 5.52. The van der Waals surface area contributed by atoms with Crippen LogP contribution in [0.2, 0.25) is 0 Å². The van der Waals surface area contributed by atoms with Gasteiger partial charge in [0.25, 0.3) is 0 Å². The Kier molecular flexibility index (Phi) is 7.31. The zero-order valence-corrected chi connectivity index (χ0v) is 16.3. The molecule has 0 radical (unpaired) electrons. The number of unbranched alkanes of at least 4 members (excludes halogenated alkanes) is 1. The van der Waals surface area contributed by atoms with Crippen molar-refractivity contribution < 1.29 is 19.4 Å². The summed E-state index contributed by atoms with van der Waals surface area (Å²) < 4.78 is 11.2. The number of para-hydroxylation sites is 1. The molecule has 0 bridgehead atoms. The van der Waals surface area contributed by atoms with Crippen molar-refractivity contribution in [1.29, 1.82) is 0 Å². The van der Waals surface area contributed by atoms with Crippen molar-refractivity contribution in [3.8, 4) is 23.3 Å². The van der Waals surface area contributed by atoms with E-state index in [9.17, 15) is 9.90 Å². The van der Waals surface area contributed by atoms with E-state index >= 15 is 0 Å². The number of hydrogen-bond acceptors (Lipinski definition) is 3. The summed E-state index contributed by atoms with van der Waals surface area (Å²) in [6, 6.07) is 11.0. The average Bonchev–Trinajstić information content (AvgIpc) is 2.65. The summed E-state index contributed by atoms with van der Waals surface area (Å²) in [7, 11) is 1.60. The van der Waals surface area contributed by atoms with Gasteiger partial charge in [0.1, 0.15) is 17.1 Å². The van der Waals surface area contributed by atoms with E-state index in [0.29, 0.717) is 17.1 Å². The summed E-state index contributed by atoms with van der Waals surface area (Å²) >= 11 is 0. The standard InChI is InChI=1S/C23H26O4/c1-5-6-9-19-14-17(12-13-18-10-7-8-11-21(18)26-4)15-20(23(24)25)22(19)27-16(2)3/h7-8,10-11,14-16H,5-6,9H2,1-4H3,(H,24,25). The van der Waals surface area contributed by atoms with Gasteiger partial charge in [-0.05, 0) is 56.5 Å². The topological polar surface area (TPSA) is 55.8 Å². The van der Waals surface area contributed by atoms with Crippen molar-refractivity contribution in [1.82, 2.24) is 0 Å². The van der Waals surface area contributed by atoms with Crippen LogP contribution in [0.25, 0.3) is 0 Å². The molecule has 0 aliphatic rings. The molecule has 2 rings (SSSR count). The first-order chi connectivity index (χ1) is 13.0. The van der Waals surface area contributed by atoms with Crippen LogP contribution in [0.3, 0.4) is 0 Å². The summed E-state index contributed by atoms with van der Waals surface area (Å²) in [5.74, 6) is 6.29. The minimum absolute atomic E-state index is 0.103. The molecule has 0 aromatic heterocycles. The molecule has 0 atom stereocenters. The molecule has 0 amide bonds. The molecule has 1 N–H and O–H groups in total. The lowest BCUT2D eigenvalue weighted by atomic mass is 9.99. The Morgan fingerprint density at radius 2 is 1.93 bits per heavy atom. The smallest absolute Gasteiger partial charge is 0.339 e. The quantitative estimate of drug-likeness (QED) is 0.707. The van der Waals surface area contributed by atoms with Gasteiger partial charge in [-0.2, -0.15) is 0 Å². The Morgan fingerprint density at radius 3 is 2.56 bits per heavy atom. The van der Waals surface area contributed by atoms with E-state index in [1.54, 1.807) is 13.2 Å². The number of carbonyl (C=O) groups is 1. The highest BCUT2D eigenvalue weighted by Crippen LogP contribution is 2.29. The summed E-state index contributed by atoms with van der Waals surface area (Å²) in [5.41, 5.74) is 2.45. The first-order valence-corrected chi connectivity index (χ1v) is 9.18. The molecule has 0 fully saturated rings. The van der Waals surface area contributed by atoms with Crippen molar-refractivity contribution >= 4 is 5.97 Å². The summed E-state index contributed by atoms with van der Waals surface area (Å²) in [5, 5.41) is 9.67. The van der Waals surface area contributed by atoms with Crippen molar-refractivity contribution in [2.75, 3.05) is 7.11 Å². The van der Waals surface area contributed by atoms with Crippen LogP contribution in [-0.2, 0) is 6.42 Å². The van der Waals surface area contributed by atoms with Gasteiger partial charge < -0.3 is 14.6 Å². The van der Waals surface area contributed by atoms with Crippen molar-refractivity contribution in [2.24, 2.45) is 0 Å². The second-order valence-electron chi connectivity index (χ2n) is 6.54. The van der Waals surface area contributed by atoms with Crippen LogP contribution in [0.5, 0.6) is 11.5 Å². The van der Waals surface area contributed by atoms with E-state index in [1.165, 1.54) is 0 Å². The van der Waals surface area contributed by atoms with E-state index in [1.807, 2.05) is 44.2 Å². The minimum Gasteiger partial charge on any atom is -0.495 e. The molecule has 2 aromatic rings. The number of hydrogen-bond donors (Lipinski definition) is 1. The number of ether oxygens (including phenoxy) is 2. The third-order valence-corrected chi connectivity index (χ3v) is 4.00. The number of aryl methyl sites for hydroxylation is 1. The Bertz CT molecular complexity index is 856. The molecular weight excluding hydrogens is 340 g/mol. The van der Waals surface area contributed by atoms with Crippen LogP contribution in [0.1, 0.15) is 60.7 Å². The number of methoxy groups -OCH3 is 1. The average molecular weight is 366 g/mol. The lowest BCUT2D eigenvalue weighted by Gasteiger charge is -2.17. The molecule has 0 saturated heterocycles. The van der Waals surface area contributed by atoms with Gasteiger partial charge in [0.15, 0.2) is 0 Å². The summed E-state index contributed by atoms with van der Waals surface area (Å²) in [6.07, 6.45) is 2.62. The van der Waals surface area contributed by atoms with E-state index in [4.69, 9.17) is 9.47 Å². The Balaban J connectivity index is 2.53. The molecule has 27 heavy (non-hydrogen) atoms. The number of carboxylic acids is 1. The Labute approximate surface area is 161 Å². The van der Waals surface area contributed by atoms with Crippen molar-refractivity contribution in [3.63, 3.8) is 0 Å². The van der Waals surface area contributed by atoms with Crippen LogP contribution < -0.4 is 9.47 Å². The zero-order chi connectivity index (χ0) is 19.8. The fraction of sp³-hybridized carbons (Fsp3) is 0.348. The third-order valence-electron chi connectivity index (χ3n) is 4.00. The predicted molar refractivity (Wildman–Crippen MR) is 107 cm³/mol. The highest BCUT2D eigenvalue weighted by molar-refractivity contribution is 5.92. The Morgan fingerprint density at radius 1 is 1.19 bits per heavy atom. The van der Waals surface area contributed by atoms with Crippen LogP contribution in [0.15, 0.2) is 36.4 Å². The number of carboxylic acid groups (broad SMARTS) is 1. The van der Waals surface area contributed by atoms with Gasteiger partial charge in [-0.15, -0.1) is 0 Å². The minimum atomic E-state index is -1.01. The van der Waals surface area contributed by atoms with Gasteiger partial charge in [-0.25, -0.2) is 4.79 Å². The molecule has 0 unspecified atom stereocenters. The van der Waals surface area contributed by atoms with Gasteiger partial charge in [0.2, 0.25) is 0 Å². The molecule has 142 valence electrons. The molecule has 0 saturated carbocycles. The molecule has 4 heteroatoms. The second-order valence-corrected chi connectivity index (χ2v) is 6.54. The molecule has 0 heterocycles. The first-order valence-electron chi connectivity index (χ1n) is 9.18. The molecule has 0 spiro atoms. The van der Waals surface area contributed by atoms with Crippen LogP contribution >= 0.6 is 0 Å². The zero-order valence-electron chi connectivity index (χ0n) is 16.3.